The Morgan fingerprint density at radius 1 is 1.23 bits per heavy atom. The van der Waals surface area contributed by atoms with Crippen molar-refractivity contribution in [1.82, 2.24) is 0 Å². The number of carbonyl (C=O) groups excluding carboxylic acids is 2. The highest BCUT2D eigenvalue weighted by Gasteiger charge is 2.44. The number of ether oxygens (including phenoxy) is 3. The van der Waals surface area contributed by atoms with E-state index in [4.69, 9.17) is 42.5 Å². The zero-order valence-corrected chi connectivity index (χ0v) is 18.1. The highest BCUT2D eigenvalue weighted by molar-refractivity contribution is 6.42. The third kappa shape index (κ3) is 5.19. The fourth-order valence-electron chi connectivity index (χ4n) is 3.26. The molecule has 1 aliphatic heterocycles. The average molecular weight is 458 g/mol. The van der Waals surface area contributed by atoms with Crippen molar-refractivity contribution in [2.24, 2.45) is 10.9 Å². The van der Waals surface area contributed by atoms with Gasteiger partial charge in [0.05, 0.1) is 41.6 Å². The lowest BCUT2D eigenvalue weighted by Crippen LogP contribution is -2.37. The van der Waals surface area contributed by atoms with E-state index in [2.05, 4.69) is 4.99 Å². The van der Waals surface area contributed by atoms with Crippen molar-refractivity contribution in [2.45, 2.75) is 19.8 Å². The molecule has 0 bridgehead atoms. The summed E-state index contributed by atoms with van der Waals surface area (Å²) in [5.74, 6) is -4.40. The van der Waals surface area contributed by atoms with Crippen LogP contribution in [0.2, 0.25) is 10.0 Å². The highest BCUT2D eigenvalue weighted by atomic mass is 35.5. The van der Waals surface area contributed by atoms with Crippen molar-refractivity contribution >= 4 is 46.8 Å². The number of methoxy groups -OCH3 is 1. The second-order valence-electron chi connectivity index (χ2n) is 6.34. The zero-order valence-electron chi connectivity index (χ0n) is 16.6. The average Bonchev–Trinajstić information content (AvgIpc) is 2.69. The van der Waals surface area contributed by atoms with Gasteiger partial charge in [0.2, 0.25) is 0 Å². The SMILES string of the molecule is CCOC(=O)C1=C(COCC(=O)O)N=C(C)C(C(=O)OC)C1c1cccc(Cl)c1Cl. The standard InChI is InChI=1S/C20H21Cl2NO7/c1-4-30-20(27)17-13(8-29-9-14(24)25)23-10(2)15(19(26)28-3)16(17)11-6-5-7-12(21)18(11)22/h5-7,15-16H,4,8-9H2,1-3H3,(H,24,25). The topological polar surface area (TPSA) is 111 Å². The largest absolute Gasteiger partial charge is 0.480 e. The van der Waals surface area contributed by atoms with Crippen LogP contribution in [0.15, 0.2) is 34.5 Å². The van der Waals surface area contributed by atoms with Gasteiger partial charge in [-0.25, -0.2) is 9.59 Å². The second kappa shape index (κ2) is 10.6. The molecule has 0 aliphatic carbocycles. The van der Waals surface area contributed by atoms with Gasteiger partial charge in [0.1, 0.15) is 12.5 Å². The Labute approximate surface area is 183 Å². The summed E-state index contributed by atoms with van der Waals surface area (Å²) in [5.41, 5.74) is 0.943. The molecular formula is C20H21Cl2NO7. The third-order valence-electron chi connectivity index (χ3n) is 4.45. The van der Waals surface area contributed by atoms with Gasteiger partial charge in [0.15, 0.2) is 0 Å². The van der Waals surface area contributed by atoms with Crippen LogP contribution in [0.4, 0.5) is 0 Å². The molecule has 162 valence electrons. The van der Waals surface area contributed by atoms with Gasteiger partial charge < -0.3 is 19.3 Å². The van der Waals surface area contributed by atoms with Crippen molar-refractivity contribution in [2.75, 3.05) is 26.9 Å². The minimum atomic E-state index is -1.17. The van der Waals surface area contributed by atoms with Gasteiger partial charge in [0.25, 0.3) is 0 Å². The molecule has 1 heterocycles. The Morgan fingerprint density at radius 2 is 1.93 bits per heavy atom. The summed E-state index contributed by atoms with van der Waals surface area (Å²) in [4.78, 5) is 40.7. The number of carboxylic acid groups (broad SMARTS) is 1. The summed E-state index contributed by atoms with van der Waals surface area (Å²) in [5, 5.41) is 9.24. The van der Waals surface area contributed by atoms with E-state index in [1.165, 1.54) is 7.11 Å². The van der Waals surface area contributed by atoms with Gasteiger partial charge in [-0.05, 0) is 25.5 Å². The molecule has 0 amide bonds. The molecule has 0 fully saturated rings. The Hall–Kier alpha value is -2.42. The number of hydrogen-bond donors (Lipinski definition) is 1. The molecule has 2 atom stereocenters. The van der Waals surface area contributed by atoms with Crippen molar-refractivity contribution in [3.63, 3.8) is 0 Å². The zero-order chi connectivity index (χ0) is 22.4. The first kappa shape index (κ1) is 23.9. The normalized spacial score (nSPS) is 18.6. The van der Waals surface area contributed by atoms with Crippen LogP contribution in [-0.2, 0) is 28.6 Å². The van der Waals surface area contributed by atoms with E-state index in [0.29, 0.717) is 11.3 Å². The van der Waals surface area contributed by atoms with E-state index in [-0.39, 0.29) is 34.5 Å². The molecule has 1 aliphatic rings. The first-order valence-electron chi connectivity index (χ1n) is 8.99. The number of benzene rings is 1. The van der Waals surface area contributed by atoms with Crippen LogP contribution in [0, 0.1) is 5.92 Å². The number of rotatable bonds is 8. The molecule has 0 spiro atoms. The molecule has 2 rings (SSSR count). The highest BCUT2D eigenvalue weighted by Crippen LogP contribution is 2.44. The van der Waals surface area contributed by atoms with Crippen molar-refractivity contribution in [3.8, 4) is 0 Å². The number of aliphatic carboxylic acids is 1. The summed E-state index contributed by atoms with van der Waals surface area (Å²) in [7, 11) is 1.23. The van der Waals surface area contributed by atoms with Crippen LogP contribution >= 0.6 is 23.2 Å². The minimum Gasteiger partial charge on any atom is -0.480 e. The fourth-order valence-corrected chi connectivity index (χ4v) is 3.68. The van der Waals surface area contributed by atoms with Gasteiger partial charge in [-0.1, -0.05) is 35.3 Å². The lowest BCUT2D eigenvalue weighted by Gasteiger charge is -2.32. The Bertz CT molecular complexity index is 910. The Morgan fingerprint density at radius 3 is 2.53 bits per heavy atom. The number of carboxylic acids is 1. The number of aliphatic imine (C=N–C) groups is 1. The minimum absolute atomic E-state index is 0.0346. The van der Waals surface area contributed by atoms with Crippen LogP contribution < -0.4 is 0 Å². The van der Waals surface area contributed by atoms with Crippen LogP contribution in [0.5, 0.6) is 0 Å². The third-order valence-corrected chi connectivity index (χ3v) is 5.28. The molecule has 8 nitrogen and oxygen atoms in total. The molecule has 0 saturated heterocycles. The van der Waals surface area contributed by atoms with E-state index >= 15 is 0 Å². The summed E-state index contributed by atoms with van der Waals surface area (Å²) in [6, 6.07) is 4.86. The van der Waals surface area contributed by atoms with Gasteiger partial charge in [-0.15, -0.1) is 0 Å². The molecule has 30 heavy (non-hydrogen) atoms. The van der Waals surface area contributed by atoms with Gasteiger partial charge >= 0.3 is 17.9 Å². The van der Waals surface area contributed by atoms with E-state index in [1.807, 2.05) is 0 Å². The maximum Gasteiger partial charge on any atom is 0.336 e. The quantitative estimate of drug-likeness (QED) is 0.596. The number of nitrogens with zero attached hydrogens (tertiary/aromatic N) is 1. The van der Waals surface area contributed by atoms with Crippen LogP contribution in [0.25, 0.3) is 0 Å². The number of carbonyl (C=O) groups is 3. The first-order valence-corrected chi connectivity index (χ1v) is 9.75. The molecule has 10 heteroatoms. The van der Waals surface area contributed by atoms with Gasteiger partial charge in [0, 0.05) is 11.6 Å². The molecule has 0 radical (unpaired) electrons. The molecule has 0 saturated carbocycles. The first-order chi connectivity index (χ1) is 14.2. The molecule has 1 aromatic rings. The second-order valence-corrected chi connectivity index (χ2v) is 7.13. The van der Waals surface area contributed by atoms with E-state index < -0.39 is 36.4 Å². The van der Waals surface area contributed by atoms with Crippen LogP contribution in [0.3, 0.4) is 0 Å². The molecule has 1 aromatic carbocycles. The van der Waals surface area contributed by atoms with E-state index in [0.717, 1.165) is 0 Å². The number of hydrogen-bond acceptors (Lipinski definition) is 7. The smallest absolute Gasteiger partial charge is 0.336 e. The number of esters is 2. The van der Waals surface area contributed by atoms with E-state index in [9.17, 15) is 14.4 Å². The fraction of sp³-hybridized carbons (Fsp3) is 0.400. The lowest BCUT2D eigenvalue weighted by molar-refractivity contribution is -0.144. The van der Waals surface area contributed by atoms with Crippen molar-refractivity contribution in [1.29, 1.82) is 0 Å². The monoisotopic (exact) mass is 457 g/mol. The summed E-state index contributed by atoms with van der Waals surface area (Å²) >= 11 is 12.6. The molecular weight excluding hydrogens is 437 g/mol. The number of halogens is 2. The Kier molecular flexibility index (Phi) is 8.40. The maximum atomic E-state index is 12.9. The molecule has 0 aromatic heterocycles. The lowest BCUT2D eigenvalue weighted by atomic mass is 9.75. The summed E-state index contributed by atoms with van der Waals surface area (Å²) in [6.07, 6.45) is 0. The van der Waals surface area contributed by atoms with Crippen molar-refractivity contribution < 1.29 is 33.7 Å². The van der Waals surface area contributed by atoms with Crippen molar-refractivity contribution in [3.05, 3.63) is 45.1 Å². The van der Waals surface area contributed by atoms with Gasteiger partial charge in [-0.2, -0.15) is 0 Å². The van der Waals surface area contributed by atoms with Gasteiger partial charge in [-0.3, -0.25) is 9.79 Å². The van der Waals surface area contributed by atoms with E-state index in [1.54, 1.807) is 32.0 Å². The van der Waals surface area contributed by atoms with Crippen LogP contribution in [-0.4, -0.2) is 55.7 Å². The Balaban J connectivity index is 2.71. The summed E-state index contributed by atoms with van der Waals surface area (Å²) < 4.78 is 15.3. The predicted octanol–water partition coefficient (Wildman–Crippen LogP) is 3.26. The molecule has 2 unspecified atom stereocenters. The van der Waals surface area contributed by atoms with Crippen LogP contribution in [0.1, 0.15) is 25.3 Å². The maximum absolute atomic E-state index is 12.9. The summed E-state index contributed by atoms with van der Waals surface area (Å²) in [6.45, 7) is 2.45. The molecule has 1 N–H and O–H groups in total. The predicted molar refractivity (Wildman–Crippen MR) is 110 cm³/mol.